The van der Waals surface area contributed by atoms with E-state index in [1.54, 1.807) is 0 Å². The standard InChI is InChI=1S/C37H56ClN2/c1-36(2)32(39(5)30-23-21-25-13-7-9-17-28(25)34(30)36)19-11-15-27(38)16-12-20-33-37(3,4)35-29-18-10-8-14-26(29)22-24-31(35)40(33)6/h11-12,15-16,19-20,25-26,28-31,34-35H,7-10,13-14,17-18,21-24H2,1-6H3/q+1. The topological polar surface area (TPSA) is 6.25 Å². The normalized spacial score (nSPS) is 41.9. The zero-order valence-electron chi connectivity index (χ0n) is 26.3. The van der Waals surface area contributed by atoms with Crippen LogP contribution in [0, 0.1) is 46.3 Å². The van der Waals surface area contributed by atoms with Gasteiger partial charge in [-0.05, 0) is 93.8 Å². The molecule has 8 unspecified atom stereocenters. The van der Waals surface area contributed by atoms with Crippen LogP contribution in [-0.4, -0.2) is 41.4 Å². The van der Waals surface area contributed by atoms with Crippen molar-refractivity contribution >= 4 is 17.3 Å². The van der Waals surface area contributed by atoms with E-state index in [0.717, 1.165) is 40.5 Å². The van der Waals surface area contributed by atoms with E-state index in [0.29, 0.717) is 12.1 Å². The first kappa shape index (κ1) is 28.8. The second-order valence-electron chi connectivity index (χ2n) is 15.6. The van der Waals surface area contributed by atoms with Crippen LogP contribution in [0.3, 0.4) is 0 Å². The molecule has 0 aromatic heterocycles. The first-order valence-electron chi connectivity index (χ1n) is 16.9. The number of hydrogen-bond donors (Lipinski definition) is 0. The fourth-order valence-corrected chi connectivity index (χ4v) is 11.7. The highest BCUT2D eigenvalue weighted by Crippen LogP contribution is 2.59. The van der Waals surface area contributed by atoms with Crippen molar-refractivity contribution in [2.24, 2.45) is 46.3 Å². The minimum Gasteiger partial charge on any atom is -0.374 e. The van der Waals surface area contributed by atoms with E-state index in [4.69, 9.17) is 11.6 Å². The molecule has 0 aromatic rings. The van der Waals surface area contributed by atoms with Gasteiger partial charge in [0.15, 0.2) is 11.8 Å². The third-order valence-electron chi connectivity index (χ3n) is 13.1. The van der Waals surface area contributed by atoms with Gasteiger partial charge in [0.25, 0.3) is 0 Å². The molecule has 0 bridgehead atoms. The Morgan fingerprint density at radius 2 is 1.43 bits per heavy atom. The van der Waals surface area contributed by atoms with Crippen molar-refractivity contribution in [1.82, 2.24) is 4.90 Å². The lowest BCUT2D eigenvalue weighted by Gasteiger charge is -2.47. The van der Waals surface area contributed by atoms with E-state index < -0.39 is 0 Å². The van der Waals surface area contributed by atoms with Gasteiger partial charge in [0.2, 0.25) is 0 Å². The van der Waals surface area contributed by atoms with Crippen molar-refractivity contribution < 1.29 is 4.58 Å². The third-order valence-corrected chi connectivity index (χ3v) is 13.4. The lowest BCUT2D eigenvalue weighted by Crippen LogP contribution is -2.45. The molecule has 8 atom stereocenters. The molecule has 0 N–H and O–H groups in total. The first-order chi connectivity index (χ1) is 19.1. The predicted octanol–water partition coefficient (Wildman–Crippen LogP) is 9.37. The van der Waals surface area contributed by atoms with Gasteiger partial charge in [-0.3, -0.25) is 0 Å². The minimum absolute atomic E-state index is 0.226. The lowest BCUT2D eigenvalue weighted by molar-refractivity contribution is -0.541. The summed E-state index contributed by atoms with van der Waals surface area (Å²) in [5, 5.41) is 0.806. The number of nitrogens with zero attached hydrogens (tertiary/aromatic N) is 2. The van der Waals surface area contributed by atoms with Crippen LogP contribution in [0.25, 0.3) is 0 Å². The summed E-state index contributed by atoms with van der Waals surface area (Å²) in [4.78, 5) is 2.63. The molecule has 0 radical (unpaired) electrons. The van der Waals surface area contributed by atoms with Gasteiger partial charge >= 0.3 is 0 Å². The molecule has 6 aliphatic rings. The highest BCUT2D eigenvalue weighted by Gasteiger charge is 2.59. The Balaban J connectivity index is 1.15. The Morgan fingerprint density at radius 1 is 0.800 bits per heavy atom. The summed E-state index contributed by atoms with van der Waals surface area (Å²) in [6.45, 7) is 10.0. The van der Waals surface area contributed by atoms with Crippen LogP contribution >= 0.6 is 11.6 Å². The molecule has 220 valence electrons. The molecule has 3 heteroatoms. The van der Waals surface area contributed by atoms with Gasteiger partial charge in [-0.2, -0.15) is 0 Å². The molecule has 6 rings (SSSR count). The lowest BCUT2D eigenvalue weighted by atomic mass is 9.57. The first-order valence-corrected chi connectivity index (χ1v) is 17.3. The minimum atomic E-state index is 0.226. The second kappa shape index (κ2) is 11.1. The monoisotopic (exact) mass is 563 g/mol. The number of allylic oxidation sites excluding steroid dienone is 8. The average Bonchev–Trinajstić information content (AvgIpc) is 3.26. The highest BCUT2D eigenvalue weighted by molar-refractivity contribution is 6.31. The van der Waals surface area contributed by atoms with E-state index >= 15 is 0 Å². The van der Waals surface area contributed by atoms with Gasteiger partial charge in [-0.15, -0.1) is 0 Å². The molecule has 2 heterocycles. The van der Waals surface area contributed by atoms with Crippen molar-refractivity contribution in [3.63, 3.8) is 0 Å². The predicted molar refractivity (Wildman–Crippen MR) is 171 cm³/mol. The summed E-state index contributed by atoms with van der Waals surface area (Å²) in [5.74, 6) is 5.35. The van der Waals surface area contributed by atoms with Gasteiger partial charge in [-0.1, -0.05) is 76.1 Å². The van der Waals surface area contributed by atoms with Gasteiger partial charge in [0.05, 0.1) is 5.41 Å². The van der Waals surface area contributed by atoms with E-state index in [2.05, 4.69) is 87.7 Å². The van der Waals surface area contributed by atoms with Crippen LogP contribution in [0.5, 0.6) is 0 Å². The van der Waals surface area contributed by atoms with E-state index in [9.17, 15) is 0 Å². The highest BCUT2D eigenvalue weighted by atomic mass is 35.5. The van der Waals surface area contributed by atoms with Crippen LogP contribution in [0.4, 0.5) is 0 Å². The summed E-state index contributed by atoms with van der Waals surface area (Å²) < 4.78 is 2.63. The number of likely N-dealkylation sites (tertiary alicyclic amines) is 1. The summed E-state index contributed by atoms with van der Waals surface area (Å²) in [6, 6.07) is 1.42. The molecule has 0 spiro atoms. The number of rotatable bonds is 4. The summed E-state index contributed by atoms with van der Waals surface area (Å²) in [6.07, 6.45) is 30.5. The van der Waals surface area contributed by atoms with Gasteiger partial charge in [0.1, 0.15) is 7.05 Å². The maximum atomic E-state index is 6.75. The van der Waals surface area contributed by atoms with Gasteiger partial charge < -0.3 is 4.90 Å². The summed E-state index contributed by atoms with van der Waals surface area (Å²) in [5.41, 5.74) is 3.45. The number of fused-ring (bicyclic) bond motifs is 6. The maximum Gasteiger partial charge on any atom is 0.182 e. The fraction of sp³-hybridized carbons (Fsp3) is 0.757. The molecule has 2 aliphatic heterocycles. The second-order valence-corrected chi connectivity index (χ2v) is 16.1. The molecular formula is C37H56ClN2+. The van der Waals surface area contributed by atoms with E-state index in [-0.39, 0.29) is 10.8 Å². The largest absolute Gasteiger partial charge is 0.374 e. The molecule has 0 amide bonds. The zero-order valence-corrected chi connectivity index (χ0v) is 27.1. The molecule has 0 aromatic carbocycles. The van der Waals surface area contributed by atoms with E-state index in [1.807, 2.05) is 0 Å². The number of hydrogen-bond acceptors (Lipinski definition) is 1. The van der Waals surface area contributed by atoms with Crippen molar-refractivity contribution in [2.75, 3.05) is 14.1 Å². The summed E-state index contributed by atoms with van der Waals surface area (Å²) >= 11 is 6.75. The smallest absolute Gasteiger partial charge is 0.182 e. The average molecular weight is 564 g/mol. The molecule has 2 nitrogen and oxygen atoms in total. The van der Waals surface area contributed by atoms with Crippen LogP contribution in [-0.2, 0) is 0 Å². The molecule has 40 heavy (non-hydrogen) atoms. The fourth-order valence-electron chi connectivity index (χ4n) is 11.5. The van der Waals surface area contributed by atoms with Crippen molar-refractivity contribution in [3.8, 4) is 0 Å². The zero-order chi connectivity index (χ0) is 28.2. The van der Waals surface area contributed by atoms with Crippen LogP contribution < -0.4 is 0 Å². The third kappa shape index (κ3) is 4.81. The van der Waals surface area contributed by atoms with Crippen LogP contribution in [0.1, 0.15) is 105 Å². The molecular weight excluding hydrogens is 508 g/mol. The SMILES string of the molecule is CN1/C(=C/C=C/C(Cl)=C/C=C/C2=[N+](C)C3CCC4CCCCC4C3C2(C)C)C(C)(C)C2C3CCCCC3CCC21. The van der Waals surface area contributed by atoms with Gasteiger partial charge in [-0.25, -0.2) is 4.58 Å². The Morgan fingerprint density at radius 3 is 2.12 bits per heavy atom. The van der Waals surface area contributed by atoms with Crippen molar-refractivity contribution in [3.05, 3.63) is 47.2 Å². The van der Waals surface area contributed by atoms with Gasteiger partial charge in [0, 0.05) is 47.6 Å². The van der Waals surface area contributed by atoms with Crippen LogP contribution in [0.15, 0.2) is 47.2 Å². The maximum absolute atomic E-state index is 6.75. The molecule has 1 saturated heterocycles. The summed E-state index contributed by atoms with van der Waals surface area (Å²) in [7, 11) is 4.69. The molecule has 5 fully saturated rings. The Labute approximate surface area is 250 Å². The molecule has 4 saturated carbocycles. The Hall–Kier alpha value is -1.28. The quantitative estimate of drug-likeness (QED) is 0.244. The van der Waals surface area contributed by atoms with E-state index in [1.165, 1.54) is 88.5 Å². The van der Waals surface area contributed by atoms with Crippen molar-refractivity contribution in [2.45, 2.75) is 117 Å². The Kier molecular flexibility index (Phi) is 7.99. The number of halogens is 1. The van der Waals surface area contributed by atoms with Crippen LogP contribution in [0.2, 0.25) is 0 Å². The Bertz CT molecular complexity index is 1120. The molecule has 4 aliphatic carbocycles. The van der Waals surface area contributed by atoms with Crippen molar-refractivity contribution in [1.29, 1.82) is 0 Å².